The number of nitrogens with zero attached hydrogens (tertiary/aromatic N) is 1. The molecule has 0 atom stereocenters. The lowest BCUT2D eigenvalue weighted by Crippen LogP contribution is -2.50. The van der Waals surface area contributed by atoms with E-state index in [0.29, 0.717) is 19.3 Å². The second-order valence-electron chi connectivity index (χ2n) is 13.5. The summed E-state index contributed by atoms with van der Waals surface area (Å²) in [7, 11) is 0. The van der Waals surface area contributed by atoms with Crippen LogP contribution in [0.2, 0.25) is 0 Å². The fourth-order valence-electron chi connectivity index (χ4n) is 6.43. The van der Waals surface area contributed by atoms with Crippen molar-refractivity contribution in [1.29, 1.82) is 0 Å². The Hall–Kier alpha value is -1.89. The number of carbonyl (C=O) groups is 3. The van der Waals surface area contributed by atoms with E-state index in [1.807, 2.05) is 0 Å². The molecule has 7 heteroatoms. The molecule has 0 rings (SSSR count). The summed E-state index contributed by atoms with van der Waals surface area (Å²) in [5, 5.41) is 27.2. The number of aliphatic carboxylic acids is 3. The van der Waals surface area contributed by atoms with Crippen LogP contribution in [0.4, 0.5) is 0 Å². The van der Waals surface area contributed by atoms with Crippen LogP contribution < -0.4 is 0 Å². The third-order valence-electron chi connectivity index (χ3n) is 9.21. The molecular weight excluding hydrogens is 566 g/mol. The monoisotopic (exact) mass is 639 g/mol. The van der Waals surface area contributed by atoms with Gasteiger partial charge in [0.25, 0.3) is 0 Å². The highest BCUT2D eigenvalue weighted by Crippen LogP contribution is 2.19. The fraction of sp³-hybridized carbons (Fsp3) is 0.868. The van der Waals surface area contributed by atoms with Gasteiger partial charge in [0.1, 0.15) is 0 Å². The lowest BCUT2D eigenvalue weighted by molar-refractivity contribution is -0.929. The van der Waals surface area contributed by atoms with Crippen molar-refractivity contribution in [2.45, 2.75) is 187 Å². The molecule has 264 valence electrons. The molecule has 0 aliphatic rings. The first-order valence-corrected chi connectivity index (χ1v) is 19.0. The molecule has 0 saturated heterocycles. The van der Waals surface area contributed by atoms with Crippen LogP contribution in [0.1, 0.15) is 187 Å². The van der Waals surface area contributed by atoms with Gasteiger partial charge in [-0.15, -0.1) is 0 Å². The van der Waals surface area contributed by atoms with Gasteiger partial charge in [0.05, 0.1) is 26.2 Å². The van der Waals surface area contributed by atoms with Gasteiger partial charge in [-0.2, -0.15) is 0 Å². The molecule has 0 amide bonds. The molecule has 0 aromatic rings. The van der Waals surface area contributed by atoms with Gasteiger partial charge in [0, 0.05) is 25.7 Å². The Bertz CT molecular complexity index is 683. The smallest absolute Gasteiger partial charge is 0.303 e. The quantitative estimate of drug-likeness (QED) is 0.0358. The average Bonchev–Trinajstić information content (AvgIpc) is 3.00. The molecule has 0 radical (unpaired) electrons. The van der Waals surface area contributed by atoms with E-state index in [9.17, 15) is 14.4 Å². The number of rotatable bonds is 36. The Labute approximate surface area is 276 Å². The van der Waals surface area contributed by atoms with Crippen molar-refractivity contribution in [2.75, 3.05) is 26.2 Å². The number of carboxylic acid groups (broad SMARTS) is 3. The van der Waals surface area contributed by atoms with E-state index in [4.69, 9.17) is 15.3 Å². The highest BCUT2D eigenvalue weighted by atomic mass is 16.4. The van der Waals surface area contributed by atoms with Gasteiger partial charge in [-0.1, -0.05) is 115 Å². The van der Waals surface area contributed by atoms with Crippen LogP contribution >= 0.6 is 0 Å². The van der Waals surface area contributed by atoms with E-state index in [1.54, 1.807) is 0 Å². The second kappa shape index (κ2) is 32.1. The van der Waals surface area contributed by atoms with Crippen molar-refractivity contribution in [1.82, 2.24) is 0 Å². The van der Waals surface area contributed by atoms with Crippen LogP contribution in [0.3, 0.4) is 0 Å². The SMILES string of the molecule is CCCCCCCCCCCCCCCCCC/C=C/CCC[N+](CCCCC(=O)O)(CCCCC(=O)O)CCCCC(=O)O. The minimum atomic E-state index is -0.773. The standard InChI is InChI=1S/C38H71NO6/c1-2-3-4-5-6-7-8-9-10-11-12-13-14-15-16-17-18-19-20-21-25-32-39(33-26-22-29-36(40)41,34-27-23-30-37(42)43)35-28-24-31-38(44)45/h19-20H,2-18,21-35H2,1H3,(H2-,40,41,42,43,44,45)/p+1/b20-19+. The Morgan fingerprint density at radius 3 is 1.02 bits per heavy atom. The van der Waals surface area contributed by atoms with Crippen molar-refractivity contribution >= 4 is 17.9 Å². The summed E-state index contributed by atoms with van der Waals surface area (Å²) in [6.45, 7) is 5.86. The molecule has 0 saturated carbocycles. The van der Waals surface area contributed by atoms with Gasteiger partial charge in [0.15, 0.2) is 0 Å². The minimum absolute atomic E-state index is 0.167. The number of hydrogen-bond acceptors (Lipinski definition) is 3. The van der Waals surface area contributed by atoms with Gasteiger partial charge in [-0.3, -0.25) is 14.4 Å². The van der Waals surface area contributed by atoms with Crippen LogP contribution in [0.5, 0.6) is 0 Å². The van der Waals surface area contributed by atoms with Crippen LogP contribution in [0.25, 0.3) is 0 Å². The zero-order valence-electron chi connectivity index (χ0n) is 29.3. The van der Waals surface area contributed by atoms with Crippen LogP contribution in [-0.4, -0.2) is 63.9 Å². The molecule has 0 aliphatic heterocycles. The summed E-state index contributed by atoms with van der Waals surface area (Å²) in [4.78, 5) is 33.1. The van der Waals surface area contributed by atoms with Crippen molar-refractivity contribution in [2.24, 2.45) is 0 Å². The lowest BCUT2D eigenvalue weighted by Gasteiger charge is -2.39. The largest absolute Gasteiger partial charge is 0.481 e. The van der Waals surface area contributed by atoms with Gasteiger partial charge in [-0.05, 0) is 57.8 Å². The van der Waals surface area contributed by atoms with Gasteiger partial charge in [-0.25, -0.2) is 0 Å². The first kappa shape index (κ1) is 43.1. The molecule has 0 fully saturated rings. The van der Waals surface area contributed by atoms with E-state index in [0.717, 1.165) is 69.2 Å². The van der Waals surface area contributed by atoms with Gasteiger partial charge in [0.2, 0.25) is 0 Å². The van der Waals surface area contributed by atoms with Crippen molar-refractivity contribution in [3.63, 3.8) is 0 Å². The summed E-state index contributed by atoms with van der Waals surface area (Å²) in [6.07, 6.45) is 34.9. The molecule has 0 aromatic carbocycles. The maximum atomic E-state index is 11.0. The molecule has 7 nitrogen and oxygen atoms in total. The molecule has 3 N–H and O–H groups in total. The first-order valence-electron chi connectivity index (χ1n) is 19.0. The van der Waals surface area contributed by atoms with Crippen LogP contribution in [-0.2, 0) is 14.4 Å². The lowest BCUT2D eigenvalue weighted by atomic mass is 10.0. The predicted molar refractivity (Wildman–Crippen MR) is 187 cm³/mol. The van der Waals surface area contributed by atoms with Gasteiger partial charge >= 0.3 is 17.9 Å². The normalized spacial score (nSPS) is 11.8. The Balaban J connectivity index is 4.25. The maximum Gasteiger partial charge on any atom is 0.303 e. The fourth-order valence-corrected chi connectivity index (χ4v) is 6.43. The van der Waals surface area contributed by atoms with Crippen molar-refractivity contribution in [3.05, 3.63) is 12.2 Å². The molecule has 0 aliphatic carbocycles. The number of quaternary nitrogens is 1. The Morgan fingerprint density at radius 1 is 0.400 bits per heavy atom. The van der Waals surface area contributed by atoms with E-state index in [-0.39, 0.29) is 19.3 Å². The van der Waals surface area contributed by atoms with E-state index in [2.05, 4.69) is 19.1 Å². The predicted octanol–water partition coefficient (Wildman–Crippen LogP) is 10.6. The first-order chi connectivity index (χ1) is 21.8. The molecule has 0 unspecified atom stereocenters. The molecule has 0 spiro atoms. The van der Waals surface area contributed by atoms with Crippen LogP contribution in [0.15, 0.2) is 12.2 Å². The average molecular weight is 639 g/mol. The van der Waals surface area contributed by atoms with Crippen LogP contribution in [0, 0.1) is 0 Å². The number of carboxylic acids is 3. The molecule has 45 heavy (non-hydrogen) atoms. The Kier molecular flexibility index (Phi) is 30.7. The Morgan fingerprint density at radius 2 is 0.689 bits per heavy atom. The molecular formula is C38H72NO6+. The summed E-state index contributed by atoms with van der Waals surface area (Å²) >= 11 is 0. The molecule has 0 heterocycles. The van der Waals surface area contributed by atoms with E-state index < -0.39 is 17.9 Å². The number of unbranched alkanes of at least 4 members (excludes halogenated alkanes) is 20. The maximum absolute atomic E-state index is 11.0. The second-order valence-corrected chi connectivity index (χ2v) is 13.5. The topological polar surface area (TPSA) is 112 Å². The van der Waals surface area contributed by atoms with Crippen molar-refractivity contribution in [3.8, 4) is 0 Å². The molecule has 0 aromatic heterocycles. The number of hydrogen-bond donors (Lipinski definition) is 3. The minimum Gasteiger partial charge on any atom is -0.481 e. The van der Waals surface area contributed by atoms with Gasteiger partial charge < -0.3 is 19.8 Å². The van der Waals surface area contributed by atoms with E-state index in [1.165, 1.54) is 103 Å². The highest BCUT2D eigenvalue weighted by molar-refractivity contribution is 5.67. The molecule has 0 bridgehead atoms. The third-order valence-corrected chi connectivity index (χ3v) is 9.21. The summed E-state index contributed by atoms with van der Waals surface area (Å²) in [5.41, 5.74) is 0. The number of allylic oxidation sites excluding steroid dienone is 2. The van der Waals surface area contributed by atoms with Crippen molar-refractivity contribution < 1.29 is 34.2 Å². The summed E-state index contributed by atoms with van der Waals surface area (Å²) < 4.78 is 0.839. The highest BCUT2D eigenvalue weighted by Gasteiger charge is 2.26. The van der Waals surface area contributed by atoms with E-state index >= 15 is 0 Å². The summed E-state index contributed by atoms with van der Waals surface area (Å²) in [6, 6.07) is 0. The third kappa shape index (κ3) is 31.9. The zero-order chi connectivity index (χ0) is 33.3. The zero-order valence-corrected chi connectivity index (χ0v) is 29.3. The summed E-state index contributed by atoms with van der Waals surface area (Å²) in [5.74, 6) is -2.32.